The molecule has 8 nitrogen and oxygen atoms in total. The fraction of sp³-hybridized carbons (Fsp3) is 0.400. The Balaban J connectivity index is 1.84. The van der Waals surface area contributed by atoms with Gasteiger partial charge >= 0.3 is 0 Å². The fourth-order valence-electron chi connectivity index (χ4n) is 3.76. The van der Waals surface area contributed by atoms with E-state index in [0.717, 1.165) is 12.5 Å². The van der Waals surface area contributed by atoms with Crippen LogP contribution in [0.1, 0.15) is 51.4 Å². The average molecular weight is 402 g/mol. The summed E-state index contributed by atoms with van der Waals surface area (Å²) in [7, 11) is 1.59. The van der Waals surface area contributed by atoms with Gasteiger partial charge in [0.2, 0.25) is 5.95 Å². The van der Waals surface area contributed by atoms with Crippen LogP contribution in [0.25, 0.3) is 0 Å². The maximum absolute atomic E-state index is 13.3. The Bertz CT molecular complexity index is 985. The molecule has 9 heteroatoms. The van der Waals surface area contributed by atoms with Crippen LogP contribution < -0.4 is 10.6 Å². The maximum atomic E-state index is 13.3. The van der Waals surface area contributed by atoms with Crippen molar-refractivity contribution in [1.29, 1.82) is 0 Å². The molecule has 0 spiro atoms. The van der Waals surface area contributed by atoms with Crippen molar-refractivity contribution in [2.75, 3.05) is 5.32 Å². The quantitative estimate of drug-likeness (QED) is 0.400. The molecule has 154 valence electrons. The third-order valence-electron chi connectivity index (χ3n) is 5.36. The number of carbonyl (C=O) groups is 3. The Kier molecular flexibility index (Phi) is 5.78. The van der Waals surface area contributed by atoms with Crippen molar-refractivity contribution >= 4 is 23.3 Å². The lowest BCUT2D eigenvalue weighted by Gasteiger charge is -2.16. The molecule has 3 rings (SSSR count). The second-order valence-electron chi connectivity index (χ2n) is 7.22. The van der Waals surface area contributed by atoms with Crippen LogP contribution in [0.3, 0.4) is 0 Å². The molecule has 1 aliphatic carbocycles. The number of aliphatic hydroxyl groups is 1. The van der Waals surface area contributed by atoms with E-state index in [9.17, 15) is 23.9 Å². The number of pyridine rings is 1. The lowest BCUT2D eigenvalue weighted by Crippen LogP contribution is -2.43. The predicted octanol–water partition coefficient (Wildman–Crippen LogP) is 1.64. The van der Waals surface area contributed by atoms with Gasteiger partial charge in [0.05, 0.1) is 23.4 Å². The minimum absolute atomic E-state index is 0.0959. The molecule has 0 aliphatic heterocycles. The smallest absolute Gasteiger partial charge is 0.294 e. The Labute approximate surface area is 167 Å². The second-order valence-corrected chi connectivity index (χ2v) is 7.22. The van der Waals surface area contributed by atoms with Gasteiger partial charge in [-0.25, -0.2) is 4.98 Å². The Morgan fingerprint density at radius 1 is 1.28 bits per heavy atom. The van der Waals surface area contributed by atoms with E-state index in [1.807, 2.05) is 0 Å². The summed E-state index contributed by atoms with van der Waals surface area (Å²) in [6.07, 6.45) is 2.54. The summed E-state index contributed by atoms with van der Waals surface area (Å²) in [5.74, 6) is -2.85. The third kappa shape index (κ3) is 4.04. The van der Waals surface area contributed by atoms with Gasteiger partial charge in [-0.15, -0.1) is 0 Å². The first-order chi connectivity index (χ1) is 13.7. The summed E-state index contributed by atoms with van der Waals surface area (Å²) in [4.78, 5) is 41.4. The van der Waals surface area contributed by atoms with Gasteiger partial charge in [0, 0.05) is 30.7 Å². The number of anilines is 1. The first-order valence-corrected chi connectivity index (χ1v) is 9.32. The van der Waals surface area contributed by atoms with Crippen molar-refractivity contribution in [2.45, 2.75) is 45.3 Å². The molecule has 2 heterocycles. The number of rotatable bonds is 5. The topological polar surface area (TPSA) is 113 Å². The van der Waals surface area contributed by atoms with Crippen molar-refractivity contribution in [3.63, 3.8) is 0 Å². The molecule has 0 unspecified atom stereocenters. The number of hydrogen-bond acceptors (Lipinski definition) is 5. The highest BCUT2D eigenvalue weighted by Gasteiger charge is 2.32. The van der Waals surface area contributed by atoms with E-state index in [2.05, 4.69) is 15.6 Å². The zero-order chi connectivity index (χ0) is 21.3. The predicted molar refractivity (Wildman–Crippen MR) is 103 cm³/mol. The van der Waals surface area contributed by atoms with Gasteiger partial charge in [-0.2, -0.15) is 4.39 Å². The third-order valence-corrected chi connectivity index (χ3v) is 5.36. The van der Waals surface area contributed by atoms with Crippen LogP contribution in [0, 0.1) is 19.8 Å². The number of ketones is 1. The molecule has 0 aromatic carbocycles. The maximum Gasteiger partial charge on any atom is 0.294 e. The Morgan fingerprint density at radius 2 is 2.00 bits per heavy atom. The van der Waals surface area contributed by atoms with Gasteiger partial charge in [-0.05, 0) is 44.7 Å². The molecule has 0 saturated heterocycles. The minimum Gasteiger partial charge on any atom is -0.391 e. The van der Waals surface area contributed by atoms with E-state index in [4.69, 9.17) is 0 Å². The highest BCUT2D eigenvalue weighted by atomic mass is 19.1. The number of nitrogens with zero attached hydrogens (tertiary/aromatic N) is 2. The summed E-state index contributed by atoms with van der Waals surface area (Å²) in [5.41, 5.74) is 1.40. The van der Waals surface area contributed by atoms with Crippen molar-refractivity contribution in [3.8, 4) is 0 Å². The van der Waals surface area contributed by atoms with Gasteiger partial charge in [0.15, 0.2) is 0 Å². The van der Waals surface area contributed by atoms with Gasteiger partial charge in [-0.3, -0.25) is 14.4 Å². The zero-order valence-corrected chi connectivity index (χ0v) is 16.5. The molecular formula is C20H23FN4O4. The van der Waals surface area contributed by atoms with E-state index in [1.165, 1.54) is 16.8 Å². The summed E-state index contributed by atoms with van der Waals surface area (Å²) >= 11 is 0. The largest absolute Gasteiger partial charge is 0.391 e. The molecule has 2 aromatic heterocycles. The number of halogens is 1. The summed E-state index contributed by atoms with van der Waals surface area (Å²) in [6, 6.07) is 2.08. The highest BCUT2D eigenvalue weighted by Crippen LogP contribution is 2.24. The molecule has 1 aliphatic rings. The Morgan fingerprint density at radius 3 is 2.62 bits per heavy atom. The number of carbonyl (C=O) groups excluding carboxylic acids is 3. The second kappa shape index (κ2) is 8.12. The van der Waals surface area contributed by atoms with Crippen LogP contribution in [0.4, 0.5) is 10.1 Å². The first kappa shape index (κ1) is 20.7. The molecule has 29 heavy (non-hydrogen) atoms. The van der Waals surface area contributed by atoms with E-state index >= 15 is 0 Å². The number of nitrogens with one attached hydrogen (secondary N) is 2. The molecule has 2 amide bonds. The summed E-state index contributed by atoms with van der Waals surface area (Å²) < 4.78 is 14.8. The Hall–Kier alpha value is -3.07. The van der Waals surface area contributed by atoms with E-state index < -0.39 is 35.7 Å². The van der Waals surface area contributed by atoms with Crippen LogP contribution in [0.5, 0.6) is 0 Å². The molecule has 2 atom stereocenters. The number of aliphatic hydroxyl groups excluding tert-OH is 1. The highest BCUT2D eigenvalue weighted by molar-refractivity contribution is 6.43. The van der Waals surface area contributed by atoms with Crippen LogP contribution in [0.2, 0.25) is 0 Å². The number of amides is 2. The zero-order valence-electron chi connectivity index (χ0n) is 16.5. The monoisotopic (exact) mass is 402 g/mol. The molecule has 0 radical (unpaired) electrons. The molecule has 1 fully saturated rings. The van der Waals surface area contributed by atoms with Crippen LogP contribution >= 0.6 is 0 Å². The number of aromatic nitrogens is 2. The number of hydrogen-bond donors (Lipinski definition) is 3. The van der Waals surface area contributed by atoms with E-state index in [0.29, 0.717) is 24.1 Å². The van der Waals surface area contributed by atoms with Gasteiger partial charge in [0.25, 0.3) is 17.6 Å². The van der Waals surface area contributed by atoms with Gasteiger partial charge < -0.3 is 20.3 Å². The minimum atomic E-state index is -0.817. The first-order valence-electron chi connectivity index (χ1n) is 9.32. The normalized spacial score (nSPS) is 18.5. The van der Waals surface area contributed by atoms with Crippen molar-refractivity contribution in [2.24, 2.45) is 7.05 Å². The van der Waals surface area contributed by atoms with Gasteiger partial charge in [0.1, 0.15) is 0 Å². The molecule has 1 saturated carbocycles. The van der Waals surface area contributed by atoms with Crippen molar-refractivity contribution < 1.29 is 23.9 Å². The summed E-state index contributed by atoms with van der Waals surface area (Å²) in [6.45, 7) is 3.24. The average Bonchev–Trinajstić information content (AvgIpc) is 3.15. The lowest BCUT2D eigenvalue weighted by molar-refractivity contribution is -0.118. The van der Waals surface area contributed by atoms with Crippen molar-refractivity contribution in [3.05, 3.63) is 46.8 Å². The molecule has 3 N–H and O–H groups in total. The van der Waals surface area contributed by atoms with Crippen LogP contribution in [-0.4, -0.2) is 44.4 Å². The lowest BCUT2D eigenvalue weighted by atomic mass is 10.1. The van der Waals surface area contributed by atoms with Crippen LogP contribution in [0.15, 0.2) is 18.3 Å². The SMILES string of the molecule is Cc1c(C(=O)Nc2ccnc(F)c2)c(C)n(C)c1C(=O)C(=O)N[C@H]1CCC[C@@H]1O. The van der Waals surface area contributed by atoms with Crippen molar-refractivity contribution in [1.82, 2.24) is 14.9 Å². The van der Waals surface area contributed by atoms with E-state index in [1.54, 1.807) is 20.9 Å². The number of Topliss-reactive ketones (excluding diaryl/α,β-unsaturated/α-hetero) is 1. The molecular weight excluding hydrogens is 379 g/mol. The van der Waals surface area contributed by atoms with E-state index in [-0.39, 0.29) is 16.9 Å². The summed E-state index contributed by atoms with van der Waals surface area (Å²) in [5, 5.41) is 15.0. The van der Waals surface area contributed by atoms with Crippen LogP contribution in [-0.2, 0) is 11.8 Å². The fourth-order valence-corrected chi connectivity index (χ4v) is 3.76. The standard InChI is InChI=1S/C20H23FN4O4/c1-10-16(19(28)23-12-7-8-22-15(21)9-12)11(2)25(3)17(10)18(27)20(29)24-13-5-4-6-14(13)26/h7-9,13-14,26H,4-6H2,1-3H3,(H,24,29)(H,22,23,28)/t13-,14-/m0/s1. The van der Waals surface area contributed by atoms with Gasteiger partial charge in [-0.1, -0.05) is 0 Å². The molecule has 0 bridgehead atoms. The molecule has 2 aromatic rings.